The Hall–Kier alpha value is -2.81. The predicted octanol–water partition coefficient (Wildman–Crippen LogP) is -0.792. The van der Waals surface area contributed by atoms with E-state index < -0.39 is 18.5 Å². The maximum atomic E-state index is 10.8. The van der Waals surface area contributed by atoms with Gasteiger partial charge in [-0.25, -0.2) is 0 Å². The molecule has 6 nitrogen and oxygen atoms in total. The van der Waals surface area contributed by atoms with Gasteiger partial charge in [-0.3, -0.25) is 4.79 Å². The van der Waals surface area contributed by atoms with Crippen LogP contribution in [0.25, 0.3) is 6.08 Å². The van der Waals surface area contributed by atoms with Gasteiger partial charge in [-0.15, -0.1) is 0 Å². The Balaban J connectivity index is 2.80. The van der Waals surface area contributed by atoms with Crippen LogP contribution in [0.15, 0.2) is 29.8 Å². The highest BCUT2D eigenvalue weighted by Gasteiger charge is 2.03. The van der Waals surface area contributed by atoms with Crippen LogP contribution in [0.3, 0.4) is 0 Å². The number of carboxylic acid groups (broad SMARTS) is 1. The number of nitrogens with two attached hydrogens (primary N) is 1. The lowest BCUT2D eigenvalue weighted by Gasteiger charge is -2.06. The van der Waals surface area contributed by atoms with Crippen molar-refractivity contribution in [3.05, 3.63) is 35.4 Å². The van der Waals surface area contributed by atoms with E-state index in [-0.39, 0.29) is 5.57 Å². The molecule has 0 bridgehead atoms. The molecule has 0 atom stereocenters. The van der Waals surface area contributed by atoms with E-state index in [2.05, 4.69) is 0 Å². The van der Waals surface area contributed by atoms with Gasteiger partial charge in [-0.1, -0.05) is 12.1 Å². The number of hydrogen-bond acceptors (Lipinski definition) is 5. The molecule has 0 saturated heterocycles. The van der Waals surface area contributed by atoms with Crippen molar-refractivity contribution in [2.24, 2.45) is 5.73 Å². The molecule has 0 saturated carbocycles. The van der Waals surface area contributed by atoms with E-state index in [1.165, 1.54) is 18.2 Å². The van der Waals surface area contributed by atoms with Crippen molar-refractivity contribution in [1.29, 1.82) is 5.26 Å². The zero-order valence-corrected chi connectivity index (χ0v) is 9.25. The first kappa shape index (κ1) is 13.3. The fourth-order valence-electron chi connectivity index (χ4n) is 1.13. The molecular weight excluding hydrogens is 236 g/mol. The third-order valence-electron chi connectivity index (χ3n) is 1.93. The lowest BCUT2D eigenvalue weighted by Crippen LogP contribution is -2.28. The van der Waals surface area contributed by atoms with Gasteiger partial charge in [0.2, 0.25) is 0 Å². The van der Waals surface area contributed by atoms with E-state index in [0.717, 1.165) is 0 Å². The number of carboxylic acids is 1. The molecule has 92 valence electrons. The molecule has 0 heterocycles. The fraction of sp³-hybridized carbons (Fsp3) is 0.0833. The molecule has 1 rings (SSSR count). The molecule has 0 aliphatic rings. The summed E-state index contributed by atoms with van der Waals surface area (Å²) in [6.45, 7) is -0.542. The number of primary amides is 1. The van der Waals surface area contributed by atoms with Gasteiger partial charge in [0.05, 0.1) is 5.97 Å². The predicted molar refractivity (Wildman–Crippen MR) is 59.7 cm³/mol. The van der Waals surface area contributed by atoms with E-state index in [1.807, 2.05) is 0 Å². The highest BCUT2D eigenvalue weighted by atomic mass is 16.5. The van der Waals surface area contributed by atoms with Crippen LogP contribution in [-0.2, 0) is 9.59 Å². The van der Waals surface area contributed by atoms with E-state index in [0.29, 0.717) is 11.3 Å². The Morgan fingerprint density at radius 3 is 2.44 bits per heavy atom. The molecule has 1 aromatic rings. The summed E-state index contributed by atoms with van der Waals surface area (Å²) in [6, 6.07) is 7.80. The van der Waals surface area contributed by atoms with Crippen molar-refractivity contribution >= 4 is 18.0 Å². The average molecular weight is 245 g/mol. The summed E-state index contributed by atoms with van der Waals surface area (Å²) >= 11 is 0. The third-order valence-corrected chi connectivity index (χ3v) is 1.93. The van der Waals surface area contributed by atoms with E-state index >= 15 is 0 Å². The first-order valence-corrected chi connectivity index (χ1v) is 4.87. The van der Waals surface area contributed by atoms with Crippen molar-refractivity contribution in [2.75, 3.05) is 6.61 Å². The lowest BCUT2D eigenvalue weighted by molar-refractivity contribution is -0.307. The minimum atomic E-state index is -1.32. The fourth-order valence-corrected chi connectivity index (χ4v) is 1.13. The minimum Gasteiger partial charge on any atom is -0.546 e. The molecule has 0 aromatic heterocycles. The van der Waals surface area contributed by atoms with Gasteiger partial charge in [0, 0.05) is 0 Å². The number of carbonyl (C=O) groups is 2. The summed E-state index contributed by atoms with van der Waals surface area (Å²) in [5, 5.41) is 18.8. The minimum absolute atomic E-state index is 0.168. The summed E-state index contributed by atoms with van der Waals surface area (Å²) in [7, 11) is 0. The number of carbonyl (C=O) groups excluding carboxylic acids is 2. The lowest BCUT2D eigenvalue weighted by atomic mass is 10.1. The summed E-state index contributed by atoms with van der Waals surface area (Å²) in [4.78, 5) is 21.0. The Kier molecular flexibility index (Phi) is 4.46. The molecule has 6 heteroatoms. The average Bonchev–Trinajstić information content (AvgIpc) is 2.34. The number of aliphatic carboxylic acids is 1. The van der Waals surface area contributed by atoms with Crippen LogP contribution >= 0.6 is 0 Å². The van der Waals surface area contributed by atoms with Crippen LogP contribution < -0.4 is 15.6 Å². The second kappa shape index (κ2) is 6.06. The third kappa shape index (κ3) is 3.98. The Morgan fingerprint density at radius 2 is 2.00 bits per heavy atom. The summed E-state index contributed by atoms with van der Waals surface area (Å²) in [6.07, 6.45) is 1.32. The molecular formula is C12H9N2O4-. The van der Waals surface area contributed by atoms with Crippen LogP contribution in [0.2, 0.25) is 0 Å². The number of hydrogen-bond donors (Lipinski definition) is 1. The molecule has 0 aliphatic heterocycles. The van der Waals surface area contributed by atoms with Gasteiger partial charge in [0.25, 0.3) is 5.91 Å². The van der Waals surface area contributed by atoms with Crippen LogP contribution in [-0.4, -0.2) is 18.5 Å². The van der Waals surface area contributed by atoms with Crippen molar-refractivity contribution in [1.82, 2.24) is 0 Å². The number of rotatable bonds is 5. The Morgan fingerprint density at radius 1 is 1.39 bits per heavy atom. The highest BCUT2D eigenvalue weighted by Crippen LogP contribution is 2.14. The van der Waals surface area contributed by atoms with E-state index in [9.17, 15) is 14.7 Å². The van der Waals surface area contributed by atoms with Gasteiger partial charge < -0.3 is 20.4 Å². The molecule has 1 aromatic carbocycles. The number of ether oxygens (including phenoxy) is 1. The Bertz CT molecular complexity index is 526. The Labute approximate surface area is 103 Å². The van der Waals surface area contributed by atoms with E-state index in [4.69, 9.17) is 15.7 Å². The normalized spacial score (nSPS) is 10.5. The number of benzene rings is 1. The van der Waals surface area contributed by atoms with Crippen molar-refractivity contribution < 1.29 is 19.4 Å². The molecule has 18 heavy (non-hydrogen) atoms. The van der Waals surface area contributed by atoms with Crippen LogP contribution in [0.4, 0.5) is 0 Å². The number of nitrogens with zero attached hydrogens (tertiary/aromatic N) is 1. The zero-order chi connectivity index (χ0) is 13.5. The molecule has 0 radical (unpaired) electrons. The standard InChI is InChI=1S/C12H10N2O4/c13-6-9(12(14)17)5-8-1-3-10(4-2-8)18-7-11(15)16/h1-5H,7H2,(H2,14,17)(H,15,16)/p-1/b9-5+. The molecule has 2 N–H and O–H groups in total. The largest absolute Gasteiger partial charge is 0.546 e. The first-order chi connectivity index (χ1) is 8.52. The SMILES string of the molecule is N#C/C(=C\c1ccc(OCC(=O)[O-])cc1)C(N)=O. The summed E-state index contributed by atoms with van der Waals surface area (Å²) < 4.78 is 4.86. The van der Waals surface area contributed by atoms with Crippen molar-refractivity contribution in [3.8, 4) is 11.8 Å². The molecule has 1 amide bonds. The van der Waals surface area contributed by atoms with Crippen molar-refractivity contribution in [2.45, 2.75) is 0 Å². The van der Waals surface area contributed by atoms with Gasteiger partial charge in [0.15, 0.2) is 0 Å². The maximum absolute atomic E-state index is 10.8. The van der Waals surface area contributed by atoms with Crippen LogP contribution in [0.1, 0.15) is 5.56 Å². The van der Waals surface area contributed by atoms with Gasteiger partial charge in [0.1, 0.15) is 24.0 Å². The molecule has 0 fully saturated rings. The van der Waals surface area contributed by atoms with Crippen LogP contribution in [0.5, 0.6) is 5.75 Å². The second-order valence-corrected chi connectivity index (χ2v) is 3.26. The van der Waals surface area contributed by atoms with Gasteiger partial charge in [-0.05, 0) is 23.8 Å². The van der Waals surface area contributed by atoms with Gasteiger partial charge in [-0.2, -0.15) is 5.26 Å². The van der Waals surface area contributed by atoms with Crippen molar-refractivity contribution in [3.63, 3.8) is 0 Å². The monoisotopic (exact) mass is 245 g/mol. The summed E-state index contributed by atoms with van der Waals surface area (Å²) in [5.74, 6) is -1.79. The number of amides is 1. The molecule has 0 spiro atoms. The zero-order valence-electron chi connectivity index (χ0n) is 9.25. The second-order valence-electron chi connectivity index (χ2n) is 3.26. The smallest absolute Gasteiger partial charge is 0.259 e. The van der Waals surface area contributed by atoms with Crippen LogP contribution in [0, 0.1) is 11.3 Å². The first-order valence-electron chi connectivity index (χ1n) is 4.87. The number of nitriles is 1. The van der Waals surface area contributed by atoms with Gasteiger partial charge >= 0.3 is 0 Å². The quantitative estimate of drug-likeness (QED) is 0.538. The maximum Gasteiger partial charge on any atom is 0.259 e. The molecule has 0 unspecified atom stereocenters. The highest BCUT2D eigenvalue weighted by molar-refractivity contribution is 6.00. The summed E-state index contributed by atoms with van der Waals surface area (Å²) in [5.41, 5.74) is 5.39. The topological polar surface area (TPSA) is 116 Å². The van der Waals surface area contributed by atoms with E-state index in [1.54, 1.807) is 18.2 Å². The molecule has 0 aliphatic carbocycles.